The van der Waals surface area contributed by atoms with Crippen molar-refractivity contribution < 1.29 is 4.85 Å². The number of allylic oxidation sites excluding steroid dienone is 1. The molecule has 1 aliphatic rings. The zero-order chi connectivity index (χ0) is 5.98. The molecule has 0 saturated carbocycles. The summed E-state index contributed by atoms with van der Waals surface area (Å²) in [6.07, 6.45) is 4.36. The zero-order valence-corrected chi connectivity index (χ0v) is 4.11. The van der Waals surface area contributed by atoms with Crippen LogP contribution >= 0.6 is 0 Å². The van der Waals surface area contributed by atoms with E-state index in [1.54, 1.807) is 0 Å². The van der Waals surface area contributed by atoms with Crippen molar-refractivity contribution in [3.05, 3.63) is 17.5 Å². The Labute approximate surface area is 46.2 Å². The Morgan fingerprint density at radius 1 is 1.75 bits per heavy atom. The molecule has 0 aromatic rings. The molecule has 0 aromatic heterocycles. The Morgan fingerprint density at radius 2 is 2.50 bits per heavy atom. The Kier molecular flexibility index (Phi) is 1.05. The first-order valence-electron chi connectivity index (χ1n) is 2.07. The van der Waals surface area contributed by atoms with Gasteiger partial charge in [0.25, 0.3) is 0 Å². The third-order valence-corrected chi connectivity index (χ3v) is 0.682. The molecule has 5 nitrogen and oxygen atoms in total. The van der Waals surface area contributed by atoms with Gasteiger partial charge < -0.3 is 5.21 Å². The lowest BCUT2D eigenvalue weighted by atomic mass is 10.6. The van der Waals surface area contributed by atoms with Gasteiger partial charge in [0.2, 0.25) is 6.21 Å². The molecule has 3 N–H and O–H groups in total. The van der Waals surface area contributed by atoms with Crippen LogP contribution in [0.25, 0.3) is 0 Å². The van der Waals surface area contributed by atoms with Gasteiger partial charge in [0.05, 0.1) is 6.20 Å². The maximum absolute atomic E-state index is 10.3. The Balaban J connectivity index is 2.59. The normalized spacial score (nSPS) is 17.6. The molecule has 5 heteroatoms. The molecule has 0 atom stereocenters. The molecule has 1 rings (SSSR count). The van der Waals surface area contributed by atoms with Crippen LogP contribution in [0.5, 0.6) is 0 Å². The van der Waals surface area contributed by atoms with Gasteiger partial charge in [-0.15, -0.1) is 0 Å². The van der Waals surface area contributed by atoms with E-state index in [9.17, 15) is 5.21 Å². The largest absolute Gasteiger partial charge is 0.595 e. The fraction of sp³-hybridized carbons (Fsp3) is 0. The topological polar surface area (TPSA) is 67.4 Å². The van der Waals surface area contributed by atoms with E-state index in [4.69, 9.17) is 5.84 Å². The number of hydrazone groups is 1. The minimum Gasteiger partial charge on any atom is -0.595 e. The lowest BCUT2D eigenvalue weighted by molar-refractivity contribution is -0.553. The molecule has 0 bridgehead atoms. The number of hydrogen-bond donors (Lipinski definition) is 2. The quantitative estimate of drug-likeness (QED) is 0.233. The number of nitrogens with two attached hydrogens (primary N) is 1. The van der Waals surface area contributed by atoms with Crippen LogP contribution in [0.2, 0.25) is 0 Å². The molecule has 0 spiro atoms. The number of hydrazine groups is 3. The van der Waals surface area contributed by atoms with Crippen LogP contribution in [0.4, 0.5) is 0 Å². The molecule has 0 unspecified atom stereocenters. The number of rotatable bonds is 0. The van der Waals surface area contributed by atoms with E-state index in [1.807, 2.05) is 0 Å². The smallest absolute Gasteiger partial charge is 0.210 e. The van der Waals surface area contributed by atoms with Crippen molar-refractivity contribution in [2.45, 2.75) is 0 Å². The van der Waals surface area contributed by atoms with Crippen LogP contribution < -0.4 is 11.4 Å². The fourth-order valence-corrected chi connectivity index (χ4v) is 0.390. The second-order valence-corrected chi connectivity index (χ2v) is 1.32. The van der Waals surface area contributed by atoms with E-state index < -0.39 is 0 Å². The maximum atomic E-state index is 10.3. The number of nitrogens with one attached hydrogen (secondary N) is 1. The van der Waals surface area contributed by atoms with Crippen molar-refractivity contribution >= 4 is 6.21 Å². The number of hydrogen-bond acceptors (Lipinski definition) is 4. The van der Waals surface area contributed by atoms with E-state index in [0.29, 0.717) is 4.85 Å². The Morgan fingerprint density at radius 3 is 2.88 bits per heavy atom. The van der Waals surface area contributed by atoms with Gasteiger partial charge in [0, 0.05) is 6.08 Å². The molecular weight excluding hydrogens is 108 g/mol. The summed E-state index contributed by atoms with van der Waals surface area (Å²) >= 11 is 0. The summed E-state index contributed by atoms with van der Waals surface area (Å²) in [4.78, 5) is 0.500. The second-order valence-electron chi connectivity index (χ2n) is 1.32. The van der Waals surface area contributed by atoms with Gasteiger partial charge in [-0.05, 0) is 0 Å². The third-order valence-electron chi connectivity index (χ3n) is 0.682. The van der Waals surface area contributed by atoms with Crippen LogP contribution in [0.1, 0.15) is 0 Å². The first kappa shape index (κ1) is 4.92. The second kappa shape index (κ2) is 1.71. The number of nitrogens with zero attached hydrogens (tertiary/aromatic N) is 2. The third kappa shape index (κ3) is 0.881. The minimum absolute atomic E-state index is 0.500. The van der Waals surface area contributed by atoms with Crippen LogP contribution in [0.3, 0.4) is 0 Å². The van der Waals surface area contributed by atoms with Gasteiger partial charge in [0.15, 0.2) is 0 Å². The predicted octanol–water partition coefficient (Wildman–Crippen LogP) is -1.31. The molecule has 44 valence electrons. The molecule has 1 aliphatic heterocycles. The van der Waals surface area contributed by atoms with E-state index >= 15 is 0 Å². The van der Waals surface area contributed by atoms with Crippen molar-refractivity contribution in [3.8, 4) is 0 Å². The molecule has 1 heterocycles. The highest BCUT2D eigenvalue weighted by Crippen LogP contribution is 1.77. The highest BCUT2D eigenvalue weighted by atomic mass is 16.5. The van der Waals surface area contributed by atoms with Crippen molar-refractivity contribution in [1.82, 2.24) is 10.7 Å². The average Bonchev–Trinajstić information content (AvgIpc) is 1.64. The fourth-order valence-electron chi connectivity index (χ4n) is 0.390. The van der Waals surface area contributed by atoms with E-state index in [0.717, 1.165) is 5.12 Å². The standard InChI is InChI=1S/C3H6N4O/c4-6-2-1-3-7(8)5-6/h1-3,5H,4H2. The first-order chi connectivity index (χ1) is 3.79. The van der Waals surface area contributed by atoms with Gasteiger partial charge >= 0.3 is 0 Å². The lowest BCUT2D eigenvalue weighted by Gasteiger charge is -2.14. The first-order valence-corrected chi connectivity index (χ1v) is 2.07. The Bertz CT molecular complexity index is 140. The van der Waals surface area contributed by atoms with E-state index in [2.05, 4.69) is 5.53 Å². The Hall–Kier alpha value is -1.23. The van der Waals surface area contributed by atoms with Gasteiger partial charge in [-0.3, -0.25) is 0 Å². The summed E-state index contributed by atoms with van der Waals surface area (Å²) in [5.74, 6) is 5.10. The molecule has 0 saturated heterocycles. The predicted molar refractivity (Wildman–Crippen MR) is 28.0 cm³/mol. The van der Waals surface area contributed by atoms with Crippen LogP contribution in [0, 0.1) is 5.21 Å². The van der Waals surface area contributed by atoms with Gasteiger partial charge in [0.1, 0.15) is 0 Å². The molecule has 0 fully saturated rings. The summed E-state index contributed by atoms with van der Waals surface area (Å²) in [5.41, 5.74) is 2.23. The summed E-state index contributed by atoms with van der Waals surface area (Å²) in [5, 5.41) is 11.3. The summed E-state index contributed by atoms with van der Waals surface area (Å²) in [6.45, 7) is 0. The summed E-state index contributed by atoms with van der Waals surface area (Å²) < 4.78 is 0. The zero-order valence-electron chi connectivity index (χ0n) is 4.11. The van der Waals surface area contributed by atoms with Crippen LogP contribution in [-0.4, -0.2) is 16.2 Å². The average molecular weight is 114 g/mol. The molecule has 8 heavy (non-hydrogen) atoms. The van der Waals surface area contributed by atoms with Crippen molar-refractivity contribution in [2.24, 2.45) is 5.84 Å². The van der Waals surface area contributed by atoms with Crippen molar-refractivity contribution in [2.75, 3.05) is 0 Å². The van der Waals surface area contributed by atoms with E-state index in [-0.39, 0.29) is 0 Å². The highest BCUT2D eigenvalue weighted by Gasteiger charge is 1.97. The molecule has 0 amide bonds. The molecule has 0 aliphatic carbocycles. The van der Waals surface area contributed by atoms with Gasteiger partial charge in [-0.25, -0.2) is 5.84 Å². The monoisotopic (exact) mass is 114 g/mol. The summed E-state index contributed by atoms with van der Waals surface area (Å²) in [6, 6.07) is 0. The van der Waals surface area contributed by atoms with Crippen LogP contribution in [0.15, 0.2) is 12.3 Å². The van der Waals surface area contributed by atoms with Crippen molar-refractivity contribution in [3.63, 3.8) is 0 Å². The van der Waals surface area contributed by atoms with Gasteiger partial charge in [-0.1, -0.05) is 10.4 Å². The molecule has 0 aromatic carbocycles. The van der Waals surface area contributed by atoms with Crippen molar-refractivity contribution in [1.29, 1.82) is 0 Å². The molecule has 0 radical (unpaired) electrons. The summed E-state index contributed by atoms with van der Waals surface area (Å²) in [7, 11) is 0. The van der Waals surface area contributed by atoms with E-state index in [1.165, 1.54) is 18.5 Å². The van der Waals surface area contributed by atoms with Gasteiger partial charge in [-0.2, -0.15) is 5.12 Å². The maximum Gasteiger partial charge on any atom is 0.210 e. The SMILES string of the molecule is NN1C=CC=[N+]([O-])N1. The lowest BCUT2D eigenvalue weighted by Crippen LogP contribution is -2.45. The molecular formula is C3H6N4O. The van der Waals surface area contributed by atoms with Crippen LogP contribution in [-0.2, 0) is 0 Å². The minimum atomic E-state index is 0.500. The highest BCUT2D eigenvalue weighted by molar-refractivity contribution is 5.66.